The van der Waals surface area contributed by atoms with Gasteiger partial charge in [0, 0.05) is 37.6 Å². The first-order chi connectivity index (χ1) is 12.3. The van der Waals surface area contributed by atoms with Crippen LogP contribution in [0.15, 0.2) is 29.3 Å². The maximum absolute atomic E-state index is 6.07. The van der Waals surface area contributed by atoms with E-state index in [-0.39, 0.29) is 0 Å². The Morgan fingerprint density at radius 2 is 2.04 bits per heavy atom. The first kappa shape index (κ1) is 16.7. The van der Waals surface area contributed by atoms with Gasteiger partial charge < -0.3 is 20.1 Å². The van der Waals surface area contributed by atoms with Gasteiger partial charge in [-0.2, -0.15) is 0 Å². The molecule has 136 valence electrons. The highest BCUT2D eigenvalue weighted by molar-refractivity contribution is 5.80. The number of benzene rings is 1. The summed E-state index contributed by atoms with van der Waals surface area (Å²) in [6.07, 6.45) is 6.92. The molecule has 5 heteroatoms. The van der Waals surface area contributed by atoms with Crippen LogP contribution in [-0.4, -0.2) is 38.9 Å². The Morgan fingerprint density at radius 1 is 1.28 bits per heavy atom. The molecule has 1 aliphatic heterocycles. The van der Waals surface area contributed by atoms with E-state index in [9.17, 15) is 0 Å². The fraction of sp³-hybridized carbons (Fsp3) is 0.650. The lowest BCUT2D eigenvalue weighted by Crippen LogP contribution is -2.69. The van der Waals surface area contributed by atoms with Gasteiger partial charge in [-0.05, 0) is 37.0 Å². The molecule has 1 saturated heterocycles. The van der Waals surface area contributed by atoms with Crippen LogP contribution in [0, 0.1) is 11.3 Å². The molecule has 1 heterocycles. The van der Waals surface area contributed by atoms with E-state index in [4.69, 9.17) is 9.47 Å². The third kappa shape index (κ3) is 2.88. The molecule has 1 aromatic carbocycles. The van der Waals surface area contributed by atoms with Crippen LogP contribution < -0.4 is 15.4 Å². The molecule has 3 unspecified atom stereocenters. The van der Waals surface area contributed by atoms with Crippen LogP contribution in [0.2, 0.25) is 0 Å². The number of methoxy groups -OCH3 is 1. The SMILES string of the molecule is CN=C(NCc1ccc(OC)cc1)NC1C2CCOC2C12CCCC2. The Morgan fingerprint density at radius 3 is 2.72 bits per heavy atom. The molecule has 3 atom stereocenters. The quantitative estimate of drug-likeness (QED) is 0.652. The van der Waals surface area contributed by atoms with E-state index in [1.807, 2.05) is 19.2 Å². The fourth-order valence-electron chi connectivity index (χ4n) is 5.18. The predicted molar refractivity (Wildman–Crippen MR) is 98.9 cm³/mol. The Kier molecular flexibility index (Phi) is 4.59. The number of nitrogens with zero attached hydrogens (tertiary/aromatic N) is 1. The van der Waals surface area contributed by atoms with Crippen LogP contribution in [0.4, 0.5) is 0 Å². The smallest absolute Gasteiger partial charge is 0.191 e. The summed E-state index contributed by atoms with van der Waals surface area (Å²) in [6.45, 7) is 1.68. The standard InChI is InChI=1S/C20H29N3O2/c1-21-19(22-13-14-5-7-15(24-2)8-6-14)23-17-16-9-12-25-18(16)20(17)10-3-4-11-20/h5-8,16-18H,3-4,9-13H2,1-2H3,(H2,21,22,23). The summed E-state index contributed by atoms with van der Waals surface area (Å²) in [6, 6.07) is 8.66. The van der Waals surface area contributed by atoms with Gasteiger partial charge in [-0.25, -0.2) is 0 Å². The van der Waals surface area contributed by atoms with Crippen LogP contribution >= 0.6 is 0 Å². The lowest BCUT2D eigenvalue weighted by atomic mass is 9.54. The summed E-state index contributed by atoms with van der Waals surface area (Å²) >= 11 is 0. The van der Waals surface area contributed by atoms with Gasteiger partial charge in [0.05, 0.1) is 13.2 Å². The van der Waals surface area contributed by atoms with Crippen LogP contribution in [0.25, 0.3) is 0 Å². The molecule has 3 fully saturated rings. The molecule has 3 aliphatic rings. The molecular weight excluding hydrogens is 314 g/mol. The summed E-state index contributed by atoms with van der Waals surface area (Å²) in [5.74, 6) is 2.44. The molecule has 1 spiro atoms. The van der Waals surface area contributed by atoms with Crippen molar-refractivity contribution in [3.63, 3.8) is 0 Å². The lowest BCUT2D eigenvalue weighted by Gasteiger charge is -2.57. The van der Waals surface area contributed by atoms with Crippen molar-refractivity contribution in [2.45, 2.75) is 50.8 Å². The van der Waals surface area contributed by atoms with Gasteiger partial charge >= 0.3 is 0 Å². The predicted octanol–water partition coefficient (Wildman–Crippen LogP) is 2.71. The Balaban J connectivity index is 1.38. The summed E-state index contributed by atoms with van der Waals surface area (Å²) in [4.78, 5) is 4.46. The van der Waals surface area contributed by atoms with Gasteiger partial charge in [0.2, 0.25) is 0 Å². The first-order valence-corrected chi connectivity index (χ1v) is 9.48. The van der Waals surface area contributed by atoms with E-state index in [0.29, 0.717) is 23.5 Å². The zero-order valence-electron chi connectivity index (χ0n) is 15.3. The minimum absolute atomic E-state index is 0.346. The second-order valence-electron chi connectivity index (χ2n) is 7.58. The molecule has 0 bridgehead atoms. The van der Waals surface area contributed by atoms with Gasteiger partial charge in [0.1, 0.15) is 5.75 Å². The van der Waals surface area contributed by atoms with Gasteiger partial charge in [-0.3, -0.25) is 4.99 Å². The molecule has 2 saturated carbocycles. The van der Waals surface area contributed by atoms with Gasteiger partial charge in [0.15, 0.2) is 5.96 Å². The molecule has 4 rings (SSSR count). The van der Waals surface area contributed by atoms with Gasteiger partial charge in [0.25, 0.3) is 0 Å². The van der Waals surface area contributed by atoms with Crippen molar-refractivity contribution < 1.29 is 9.47 Å². The van der Waals surface area contributed by atoms with Crippen molar-refractivity contribution in [2.75, 3.05) is 20.8 Å². The Labute approximate surface area is 150 Å². The summed E-state index contributed by atoms with van der Waals surface area (Å²) < 4.78 is 11.3. The van der Waals surface area contributed by atoms with Crippen molar-refractivity contribution in [2.24, 2.45) is 16.3 Å². The topological polar surface area (TPSA) is 54.9 Å². The highest BCUT2D eigenvalue weighted by atomic mass is 16.5. The zero-order valence-corrected chi connectivity index (χ0v) is 15.3. The second-order valence-corrected chi connectivity index (χ2v) is 7.58. The minimum Gasteiger partial charge on any atom is -0.497 e. The van der Waals surface area contributed by atoms with Crippen molar-refractivity contribution in [1.82, 2.24) is 10.6 Å². The average molecular weight is 343 g/mol. The number of ether oxygens (including phenoxy) is 2. The molecule has 1 aromatic rings. The van der Waals surface area contributed by atoms with E-state index in [0.717, 1.165) is 24.9 Å². The third-order valence-corrected chi connectivity index (χ3v) is 6.42. The largest absolute Gasteiger partial charge is 0.497 e. The van der Waals surface area contributed by atoms with Crippen molar-refractivity contribution >= 4 is 5.96 Å². The molecule has 2 aliphatic carbocycles. The summed E-state index contributed by atoms with van der Waals surface area (Å²) in [5.41, 5.74) is 1.56. The summed E-state index contributed by atoms with van der Waals surface area (Å²) in [5, 5.41) is 7.20. The van der Waals surface area contributed by atoms with Crippen molar-refractivity contribution in [3.8, 4) is 5.75 Å². The molecule has 0 radical (unpaired) electrons. The van der Waals surface area contributed by atoms with E-state index in [2.05, 4.69) is 27.8 Å². The van der Waals surface area contributed by atoms with Crippen LogP contribution in [0.5, 0.6) is 5.75 Å². The molecular formula is C20H29N3O2. The molecule has 25 heavy (non-hydrogen) atoms. The summed E-state index contributed by atoms with van der Waals surface area (Å²) in [7, 11) is 3.54. The maximum Gasteiger partial charge on any atom is 0.191 e. The van der Waals surface area contributed by atoms with Gasteiger partial charge in [-0.15, -0.1) is 0 Å². The third-order valence-electron chi connectivity index (χ3n) is 6.42. The Hall–Kier alpha value is -1.75. The number of fused-ring (bicyclic) bond motifs is 2. The number of guanidine groups is 1. The van der Waals surface area contributed by atoms with Crippen LogP contribution in [0.1, 0.15) is 37.7 Å². The zero-order chi connectivity index (χ0) is 17.3. The van der Waals surface area contributed by atoms with Crippen molar-refractivity contribution in [3.05, 3.63) is 29.8 Å². The monoisotopic (exact) mass is 343 g/mol. The Bertz CT molecular complexity index is 622. The van der Waals surface area contributed by atoms with E-state index < -0.39 is 0 Å². The highest BCUT2D eigenvalue weighted by Gasteiger charge is 2.65. The number of hydrogen-bond acceptors (Lipinski definition) is 3. The average Bonchev–Trinajstić information content (AvgIpc) is 3.31. The van der Waals surface area contributed by atoms with Crippen molar-refractivity contribution in [1.29, 1.82) is 0 Å². The molecule has 2 N–H and O–H groups in total. The number of aliphatic imine (C=N–C) groups is 1. The van der Waals surface area contributed by atoms with Gasteiger partial charge in [-0.1, -0.05) is 25.0 Å². The lowest BCUT2D eigenvalue weighted by molar-refractivity contribution is -0.125. The number of hydrogen-bond donors (Lipinski definition) is 2. The van der Waals surface area contributed by atoms with E-state index in [1.54, 1.807) is 7.11 Å². The molecule has 0 aromatic heterocycles. The fourth-order valence-corrected chi connectivity index (χ4v) is 5.18. The van der Waals surface area contributed by atoms with E-state index >= 15 is 0 Å². The maximum atomic E-state index is 6.07. The van der Waals surface area contributed by atoms with Crippen LogP contribution in [-0.2, 0) is 11.3 Å². The first-order valence-electron chi connectivity index (χ1n) is 9.48. The normalized spacial score (nSPS) is 30.0. The minimum atomic E-state index is 0.346. The molecule has 5 nitrogen and oxygen atoms in total. The highest BCUT2D eigenvalue weighted by Crippen LogP contribution is 2.60. The van der Waals surface area contributed by atoms with E-state index in [1.165, 1.54) is 37.7 Å². The number of nitrogens with one attached hydrogen (secondary N) is 2. The molecule has 0 amide bonds. The second kappa shape index (κ2) is 6.87. The number of rotatable bonds is 4. The van der Waals surface area contributed by atoms with Crippen LogP contribution in [0.3, 0.4) is 0 Å².